The molecule has 134 valence electrons. The number of benzene rings is 2. The lowest BCUT2D eigenvalue weighted by atomic mass is 10.1. The topological polar surface area (TPSA) is 75.7 Å². The SMILES string of the molecule is CSc1ccccc1C(=O)N[C@@H](CN1C(=O)COC1=O)c1ccccc1. The second-order valence-electron chi connectivity index (χ2n) is 5.70. The van der Waals surface area contributed by atoms with Crippen molar-refractivity contribution in [3.05, 3.63) is 65.7 Å². The molecule has 26 heavy (non-hydrogen) atoms. The third kappa shape index (κ3) is 3.88. The Bertz CT molecular complexity index is 809. The summed E-state index contributed by atoms with van der Waals surface area (Å²) in [6.45, 7) is -0.238. The first kappa shape index (κ1) is 18.0. The van der Waals surface area contributed by atoms with E-state index in [0.29, 0.717) is 5.56 Å². The average molecular weight is 370 g/mol. The van der Waals surface area contributed by atoms with Crippen molar-refractivity contribution in [1.82, 2.24) is 10.2 Å². The third-order valence-electron chi connectivity index (χ3n) is 4.06. The molecule has 1 aliphatic rings. The molecule has 2 aromatic rings. The minimum Gasteiger partial charge on any atom is -0.439 e. The third-order valence-corrected chi connectivity index (χ3v) is 4.86. The van der Waals surface area contributed by atoms with Crippen LogP contribution >= 0.6 is 11.8 Å². The Kier molecular flexibility index (Phi) is 5.58. The van der Waals surface area contributed by atoms with Gasteiger partial charge in [0.25, 0.3) is 11.8 Å². The Balaban J connectivity index is 1.85. The maximum atomic E-state index is 12.8. The number of rotatable bonds is 6. The molecule has 0 saturated carbocycles. The summed E-state index contributed by atoms with van der Waals surface area (Å²) in [5.74, 6) is -0.668. The molecule has 1 fully saturated rings. The van der Waals surface area contributed by atoms with E-state index in [1.54, 1.807) is 12.1 Å². The van der Waals surface area contributed by atoms with E-state index in [0.717, 1.165) is 15.4 Å². The molecule has 1 aliphatic heterocycles. The minimum atomic E-state index is -0.685. The zero-order valence-corrected chi connectivity index (χ0v) is 15.0. The van der Waals surface area contributed by atoms with Crippen LogP contribution in [-0.2, 0) is 9.53 Å². The predicted octanol–water partition coefficient (Wildman–Crippen LogP) is 2.86. The number of thioether (sulfide) groups is 1. The summed E-state index contributed by atoms with van der Waals surface area (Å²) in [4.78, 5) is 38.3. The zero-order chi connectivity index (χ0) is 18.5. The van der Waals surface area contributed by atoms with Gasteiger partial charge in [0, 0.05) is 4.90 Å². The maximum absolute atomic E-state index is 12.8. The molecular weight excluding hydrogens is 352 g/mol. The highest BCUT2D eigenvalue weighted by atomic mass is 32.2. The van der Waals surface area contributed by atoms with Crippen LogP contribution in [0.15, 0.2) is 59.5 Å². The summed E-state index contributed by atoms with van der Waals surface area (Å²) in [5, 5.41) is 2.94. The fourth-order valence-corrected chi connectivity index (χ4v) is 3.32. The van der Waals surface area contributed by atoms with Gasteiger partial charge in [-0.15, -0.1) is 11.8 Å². The summed E-state index contributed by atoms with van der Waals surface area (Å²) < 4.78 is 4.76. The van der Waals surface area contributed by atoms with Crippen LogP contribution in [0.4, 0.5) is 4.79 Å². The van der Waals surface area contributed by atoms with Crippen LogP contribution in [0.5, 0.6) is 0 Å². The lowest BCUT2D eigenvalue weighted by Gasteiger charge is -2.23. The number of nitrogens with one attached hydrogen (secondary N) is 1. The molecule has 0 spiro atoms. The van der Waals surface area contributed by atoms with Crippen LogP contribution < -0.4 is 5.32 Å². The predicted molar refractivity (Wildman–Crippen MR) is 97.9 cm³/mol. The van der Waals surface area contributed by atoms with Gasteiger partial charge >= 0.3 is 6.09 Å². The summed E-state index contributed by atoms with van der Waals surface area (Å²) in [7, 11) is 0. The van der Waals surface area contributed by atoms with Crippen molar-refractivity contribution < 1.29 is 19.1 Å². The van der Waals surface area contributed by atoms with Gasteiger partial charge in [0.15, 0.2) is 6.61 Å². The van der Waals surface area contributed by atoms with Crippen LogP contribution in [0.3, 0.4) is 0 Å². The quantitative estimate of drug-likeness (QED) is 0.792. The van der Waals surface area contributed by atoms with Crippen molar-refractivity contribution in [2.24, 2.45) is 0 Å². The van der Waals surface area contributed by atoms with Crippen LogP contribution in [-0.4, -0.2) is 42.2 Å². The van der Waals surface area contributed by atoms with Crippen molar-refractivity contribution in [1.29, 1.82) is 0 Å². The van der Waals surface area contributed by atoms with Crippen molar-refractivity contribution in [2.75, 3.05) is 19.4 Å². The van der Waals surface area contributed by atoms with Crippen molar-refractivity contribution in [2.45, 2.75) is 10.9 Å². The summed E-state index contributed by atoms with van der Waals surface area (Å²) in [5.41, 5.74) is 1.35. The number of amides is 3. The molecule has 0 aliphatic carbocycles. The van der Waals surface area contributed by atoms with E-state index < -0.39 is 18.0 Å². The molecule has 0 radical (unpaired) electrons. The monoisotopic (exact) mass is 370 g/mol. The number of imide groups is 1. The average Bonchev–Trinajstić information content (AvgIpc) is 3.00. The van der Waals surface area contributed by atoms with Gasteiger partial charge in [-0.1, -0.05) is 42.5 Å². The number of cyclic esters (lactones) is 1. The molecule has 3 amide bonds. The van der Waals surface area contributed by atoms with Crippen LogP contribution in [0, 0.1) is 0 Å². The van der Waals surface area contributed by atoms with Crippen LogP contribution in [0.2, 0.25) is 0 Å². The number of carbonyl (C=O) groups is 3. The van der Waals surface area contributed by atoms with E-state index in [-0.39, 0.29) is 19.1 Å². The molecule has 3 rings (SSSR count). The van der Waals surface area contributed by atoms with E-state index in [2.05, 4.69) is 5.32 Å². The van der Waals surface area contributed by atoms with Crippen LogP contribution in [0.25, 0.3) is 0 Å². The fraction of sp³-hybridized carbons (Fsp3) is 0.211. The Morgan fingerprint density at radius 1 is 1.15 bits per heavy atom. The molecule has 6 nitrogen and oxygen atoms in total. The van der Waals surface area contributed by atoms with Gasteiger partial charge < -0.3 is 10.1 Å². The van der Waals surface area contributed by atoms with E-state index >= 15 is 0 Å². The Hall–Kier alpha value is -2.80. The highest BCUT2D eigenvalue weighted by Crippen LogP contribution is 2.22. The van der Waals surface area contributed by atoms with E-state index in [9.17, 15) is 14.4 Å². The van der Waals surface area contributed by atoms with Gasteiger partial charge in [-0.2, -0.15) is 0 Å². The van der Waals surface area contributed by atoms with E-state index in [1.807, 2.05) is 48.7 Å². The van der Waals surface area contributed by atoms with Gasteiger partial charge in [0.2, 0.25) is 0 Å². The lowest BCUT2D eigenvalue weighted by molar-refractivity contribution is -0.126. The number of hydrogen-bond acceptors (Lipinski definition) is 5. The second kappa shape index (κ2) is 8.05. The van der Waals surface area contributed by atoms with E-state index in [4.69, 9.17) is 4.74 Å². The van der Waals surface area contributed by atoms with Gasteiger partial charge in [-0.05, 0) is 24.0 Å². The number of nitrogens with zero attached hydrogens (tertiary/aromatic N) is 1. The first-order valence-electron chi connectivity index (χ1n) is 8.06. The first-order chi connectivity index (χ1) is 12.6. The second-order valence-corrected chi connectivity index (χ2v) is 6.54. The molecule has 0 aromatic heterocycles. The molecule has 0 bridgehead atoms. The fourth-order valence-electron chi connectivity index (χ4n) is 2.73. The zero-order valence-electron chi connectivity index (χ0n) is 14.2. The van der Waals surface area contributed by atoms with Gasteiger partial charge in [-0.25, -0.2) is 9.69 Å². The summed E-state index contributed by atoms with van der Waals surface area (Å²) in [6.07, 6.45) is 1.22. The molecule has 7 heteroatoms. The smallest absolute Gasteiger partial charge is 0.417 e. The summed E-state index contributed by atoms with van der Waals surface area (Å²) >= 11 is 1.48. The molecule has 1 atom stereocenters. The normalized spacial score (nSPS) is 14.9. The Morgan fingerprint density at radius 2 is 1.85 bits per heavy atom. The van der Waals surface area contributed by atoms with Crippen molar-refractivity contribution >= 4 is 29.7 Å². The lowest BCUT2D eigenvalue weighted by Crippen LogP contribution is -2.40. The minimum absolute atomic E-state index is 0.0227. The number of ether oxygens (including phenoxy) is 1. The molecule has 0 unspecified atom stereocenters. The first-order valence-corrected chi connectivity index (χ1v) is 9.28. The Labute approximate surface area is 155 Å². The van der Waals surface area contributed by atoms with Gasteiger partial charge in [-0.3, -0.25) is 9.59 Å². The van der Waals surface area contributed by atoms with Crippen molar-refractivity contribution in [3.8, 4) is 0 Å². The van der Waals surface area contributed by atoms with Crippen LogP contribution in [0.1, 0.15) is 22.0 Å². The van der Waals surface area contributed by atoms with Gasteiger partial charge in [0.05, 0.1) is 18.2 Å². The standard InChI is InChI=1S/C19H18N2O4S/c1-26-16-10-6-5-9-14(16)18(23)20-15(13-7-3-2-4-8-13)11-21-17(22)12-25-19(21)24/h2-10,15H,11-12H2,1H3,(H,20,23)/t15-/m0/s1. The Morgan fingerprint density at radius 3 is 2.50 bits per heavy atom. The van der Waals surface area contributed by atoms with Gasteiger partial charge in [0.1, 0.15) is 0 Å². The molecule has 2 aromatic carbocycles. The van der Waals surface area contributed by atoms with Crippen molar-refractivity contribution in [3.63, 3.8) is 0 Å². The van der Waals surface area contributed by atoms with E-state index in [1.165, 1.54) is 11.8 Å². The molecule has 1 N–H and O–H groups in total. The number of hydrogen-bond donors (Lipinski definition) is 1. The molecule has 1 saturated heterocycles. The maximum Gasteiger partial charge on any atom is 0.417 e. The highest BCUT2D eigenvalue weighted by Gasteiger charge is 2.34. The largest absolute Gasteiger partial charge is 0.439 e. The molecule has 1 heterocycles. The highest BCUT2D eigenvalue weighted by molar-refractivity contribution is 7.98. The molecular formula is C19H18N2O4S. The number of carbonyl (C=O) groups excluding carboxylic acids is 3. The summed E-state index contributed by atoms with van der Waals surface area (Å²) in [6, 6.07) is 16.0.